The first-order chi connectivity index (χ1) is 23.8. The summed E-state index contributed by atoms with van der Waals surface area (Å²) in [5.74, 6) is 0. The van der Waals surface area contributed by atoms with Crippen LogP contribution in [0.4, 0.5) is 0 Å². The largest absolute Gasteiger partial charge is 0.466 e. The molecule has 0 aromatic heterocycles. The van der Waals surface area contributed by atoms with Crippen LogP contribution in [0.25, 0.3) is 0 Å². The second kappa shape index (κ2) is 48.0. The summed E-state index contributed by atoms with van der Waals surface area (Å²) in [6, 6.07) is 0. The normalized spacial score (nSPS) is 11.4. The Morgan fingerprint density at radius 1 is 0.388 bits per heavy atom. The molecule has 0 radical (unpaired) electrons. The number of hydrogen-bond donors (Lipinski definition) is 5. The van der Waals surface area contributed by atoms with Gasteiger partial charge in [-0.3, -0.25) is 4.90 Å². The molecule has 0 heterocycles. The second-order valence-electron chi connectivity index (χ2n) is 14.0. The van der Waals surface area contributed by atoms with Gasteiger partial charge in [0.2, 0.25) is 0 Å². The van der Waals surface area contributed by atoms with Crippen LogP contribution >= 0.6 is 7.82 Å². The number of aliphatic hydroxyl groups is 2. The highest BCUT2D eigenvalue weighted by atomic mass is 31.2. The monoisotopic (exact) mass is 726 g/mol. The lowest BCUT2D eigenvalue weighted by Gasteiger charge is -2.19. The van der Waals surface area contributed by atoms with Crippen LogP contribution in [0, 0.1) is 0 Å². The first-order valence-corrected chi connectivity index (χ1v) is 22.6. The van der Waals surface area contributed by atoms with Crippen molar-refractivity contribution in [3.63, 3.8) is 0 Å². The third-order valence-electron chi connectivity index (χ3n) is 8.94. The number of rotatable bonds is 37. The summed E-state index contributed by atoms with van der Waals surface area (Å²) in [4.78, 5) is 23.7. The molecule has 5 N–H and O–H groups in total. The number of ether oxygens (including phenoxy) is 1. The van der Waals surface area contributed by atoms with Crippen molar-refractivity contribution in [3.8, 4) is 0 Å². The van der Waals surface area contributed by atoms with E-state index in [0.29, 0.717) is 13.1 Å². The van der Waals surface area contributed by atoms with E-state index in [-0.39, 0.29) is 13.2 Å². The number of phosphoric acid groups is 1. The van der Waals surface area contributed by atoms with Crippen LogP contribution < -0.4 is 0 Å². The van der Waals surface area contributed by atoms with Gasteiger partial charge in [-0.2, -0.15) is 0 Å². The molecular formula is C40H88NO7P. The molecule has 9 heteroatoms. The standard InChI is InChI=1S/C24H50O.C16H35NO2.H3O4P/c1-3-5-7-9-11-13-15-17-19-21-23-25-24-22-20-18-16-14-12-10-8-6-4-2;1-2-3-4-5-6-7-8-9-10-11-12-17(13-15-18)14-16-19;1-5(2,3)4/h3-24H2,1-2H3;18-19H,2-16H2,1H3;(H3,1,2,3,4). The number of unbranched alkanes of at least 4 members (excludes halogenated alkanes) is 27. The fraction of sp³-hybridized carbons (Fsp3) is 1.00. The minimum atomic E-state index is -4.64. The zero-order chi connectivity index (χ0) is 36.9. The summed E-state index contributed by atoms with van der Waals surface area (Å²) in [6.45, 7) is 11.6. The van der Waals surface area contributed by atoms with E-state index in [4.69, 9.17) is 34.2 Å². The van der Waals surface area contributed by atoms with E-state index in [1.807, 2.05) is 0 Å². The summed E-state index contributed by atoms with van der Waals surface area (Å²) in [6.07, 6.45) is 41.7. The van der Waals surface area contributed by atoms with Gasteiger partial charge in [-0.25, -0.2) is 4.57 Å². The molecule has 0 aliphatic heterocycles. The van der Waals surface area contributed by atoms with Gasteiger partial charge in [-0.1, -0.05) is 194 Å². The lowest BCUT2D eigenvalue weighted by molar-refractivity contribution is 0.125. The van der Waals surface area contributed by atoms with Crippen LogP contribution in [0.5, 0.6) is 0 Å². The smallest absolute Gasteiger partial charge is 0.395 e. The Hall–Kier alpha value is -0.0500. The van der Waals surface area contributed by atoms with E-state index in [9.17, 15) is 0 Å². The molecule has 0 aromatic rings. The molecule has 49 heavy (non-hydrogen) atoms. The quantitative estimate of drug-likeness (QED) is 0.0316. The Labute approximate surface area is 305 Å². The van der Waals surface area contributed by atoms with Crippen LogP contribution in [-0.4, -0.2) is 75.9 Å². The van der Waals surface area contributed by atoms with Crippen LogP contribution in [0.15, 0.2) is 0 Å². The highest BCUT2D eigenvalue weighted by Gasteiger charge is 2.03. The van der Waals surface area contributed by atoms with Crippen molar-refractivity contribution in [3.05, 3.63) is 0 Å². The molecule has 8 nitrogen and oxygen atoms in total. The minimum Gasteiger partial charge on any atom is -0.395 e. The lowest BCUT2D eigenvalue weighted by atomic mass is 10.1. The van der Waals surface area contributed by atoms with Crippen molar-refractivity contribution in [1.29, 1.82) is 0 Å². The average Bonchev–Trinajstić information content (AvgIpc) is 3.06. The lowest BCUT2D eigenvalue weighted by Crippen LogP contribution is -2.30. The van der Waals surface area contributed by atoms with E-state index >= 15 is 0 Å². The van der Waals surface area contributed by atoms with Gasteiger partial charge < -0.3 is 29.6 Å². The van der Waals surface area contributed by atoms with E-state index in [2.05, 4.69) is 25.7 Å². The summed E-state index contributed by atoms with van der Waals surface area (Å²) < 4.78 is 14.7. The van der Waals surface area contributed by atoms with Crippen LogP contribution in [0.3, 0.4) is 0 Å². The molecule has 0 atom stereocenters. The van der Waals surface area contributed by atoms with Crippen molar-refractivity contribution >= 4 is 7.82 Å². The van der Waals surface area contributed by atoms with Gasteiger partial charge in [-0.05, 0) is 25.8 Å². The predicted molar refractivity (Wildman–Crippen MR) is 211 cm³/mol. The zero-order valence-electron chi connectivity index (χ0n) is 33.1. The maximum absolute atomic E-state index is 8.90. The summed E-state index contributed by atoms with van der Waals surface area (Å²) in [7, 11) is -4.64. The molecule has 0 fully saturated rings. The Morgan fingerprint density at radius 3 is 0.857 bits per heavy atom. The van der Waals surface area contributed by atoms with Crippen LogP contribution in [-0.2, 0) is 9.30 Å². The maximum atomic E-state index is 8.90. The Bertz CT molecular complexity index is 573. The molecule has 0 amide bonds. The SMILES string of the molecule is CCCCCCCCCCCCN(CCO)CCO.CCCCCCCCCCCCOCCCCCCCCCCCC.O=P(O)(O)O. The average molecular weight is 726 g/mol. The molecule has 0 unspecified atom stereocenters. The fourth-order valence-electron chi connectivity index (χ4n) is 5.93. The Balaban J connectivity index is -0.000000778. The summed E-state index contributed by atoms with van der Waals surface area (Å²) >= 11 is 0. The number of hydrogen-bond acceptors (Lipinski definition) is 5. The molecule has 0 rings (SSSR count). The molecule has 0 saturated heterocycles. The molecule has 0 aliphatic carbocycles. The van der Waals surface area contributed by atoms with E-state index in [0.717, 1.165) is 19.8 Å². The van der Waals surface area contributed by atoms with Crippen molar-refractivity contribution in [2.75, 3.05) is 46.1 Å². The fourth-order valence-corrected chi connectivity index (χ4v) is 5.93. The van der Waals surface area contributed by atoms with Crippen LogP contribution in [0.2, 0.25) is 0 Å². The van der Waals surface area contributed by atoms with Gasteiger partial charge in [0.1, 0.15) is 0 Å². The molecule has 0 bridgehead atoms. The molecule has 0 aromatic carbocycles. The van der Waals surface area contributed by atoms with Gasteiger partial charge in [-0.15, -0.1) is 0 Å². The highest BCUT2D eigenvalue weighted by molar-refractivity contribution is 7.45. The van der Waals surface area contributed by atoms with Crippen molar-refractivity contribution in [2.24, 2.45) is 0 Å². The molecule has 0 saturated carbocycles. The van der Waals surface area contributed by atoms with E-state index < -0.39 is 7.82 Å². The molecule has 300 valence electrons. The molecule has 0 aliphatic rings. The van der Waals surface area contributed by atoms with Gasteiger partial charge in [0.15, 0.2) is 0 Å². The van der Waals surface area contributed by atoms with E-state index in [1.54, 1.807) is 0 Å². The topological polar surface area (TPSA) is 131 Å². The number of nitrogens with zero attached hydrogens (tertiary/aromatic N) is 1. The number of aliphatic hydroxyl groups excluding tert-OH is 2. The van der Waals surface area contributed by atoms with Gasteiger partial charge in [0.25, 0.3) is 0 Å². The van der Waals surface area contributed by atoms with Crippen molar-refractivity contribution in [2.45, 2.75) is 213 Å². The summed E-state index contributed by atoms with van der Waals surface area (Å²) in [5, 5.41) is 17.8. The zero-order valence-corrected chi connectivity index (χ0v) is 34.0. The highest BCUT2D eigenvalue weighted by Crippen LogP contribution is 2.25. The third kappa shape index (κ3) is 63.4. The molecular weight excluding hydrogens is 637 g/mol. The van der Waals surface area contributed by atoms with Gasteiger partial charge in [0.05, 0.1) is 13.2 Å². The van der Waals surface area contributed by atoms with Crippen molar-refractivity contribution in [1.82, 2.24) is 4.90 Å². The second-order valence-corrected chi connectivity index (χ2v) is 15.0. The Morgan fingerprint density at radius 2 is 0.612 bits per heavy atom. The maximum Gasteiger partial charge on any atom is 0.466 e. The minimum absolute atomic E-state index is 0.192. The molecule has 0 spiro atoms. The van der Waals surface area contributed by atoms with E-state index in [1.165, 1.54) is 193 Å². The Kier molecular flexibility index (Phi) is 52.2. The summed E-state index contributed by atoms with van der Waals surface area (Å²) in [5.41, 5.74) is 0. The van der Waals surface area contributed by atoms with Crippen LogP contribution in [0.1, 0.15) is 213 Å². The van der Waals surface area contributed by atoms with Gasteiger partial charge >= 0.3 is 7.82 Å². The predicted octanol–water partition coefficient (Wildman–Crippen LogP) is 11.1. The van der Waals surface area contributed by atoms with Crippen molar-refractivity contribution < 1.29 is 34.2 Å². The first-order valence-electron chi connectivity index (χ1n) is 21.1. The van der Waals surface area contributed by atoms with Gasteiger partial charge in [0, 0.05) is 26.3 Å². The first kappa shape index (κ1) is 53.3. The third-order valence-corrected chi connectivity index (χ3v) is 8.94.